The quantitative estimate of drug-likeness (QED) is 0.853. The van der Waals surface area contributed by atoms with Crippen molar-refractivity contribution in [2.75, 3.05) is 11.9 Å². The topological polar surface area (TPSA) is 41.9 Å². The van der Waals surface area contributed by atoms with Gasteiger partial charge in [0, 0.05) is 26.0 Å². The smallest absolute Gasteiger partial charge is 0.155 e. The van der Waals surface area contributed by atoms with E-state index in [0.717, 1.165) is 29.1 Å². The average Bonchev–Trinajstić information content (AvgIpc) is 2.37. The minimum Gasteiger partial charge on any atom is -0.354 e. The van der Waals surface area contributed by atoms with E-state index in [9.17, 15) is 0 Å². The third-order valence-corrected chi connectivity index (χ3v) is 3.30. The second kappa shape index (κ2) is 5.31. The molecule has 18 heavy (non-hydrogen) atoms. The Morgan fingerprint density at radius 3 is 2.67 bits per heavy atom. The van der Waals surface area contributed by atoms with Gasteiger partial charge >= 0.3 is 0 Å². The van der Waals surface area contributed by atoms with E-state index in [0.29, 0.717) is 5.15 Å². The molecule has 0 atom stereocenters. The zero-order valence-electron chi connectivity index (χ0n) is 10.7. The molecule has 5 heteroatoms. The second-order valence-electron chi connectivity index (χ2n) is 4.28. The first-order valence-electron chi connectivity index (χ1n) is 5.69. The van der Waals surface area contributed by atoms with Crippen LogP contribution in [0, 0.1) is 13.8 Å². The average molecular weight is 263 g/mol. The molecule has 94 valence electrons. The molecule has 0 radical (unpaired) electrons. The normalized spacial score (nSPS) is 10.4. The molecule has 0 bridgehead atoms. The highest BCUT2D eigenvalue weighted by Crippen LogP contribution is 2.23. The van der Waals surface area contributed by atoms with Crippen molar-refractivity contribution < 1.29 is 0 Å². The summed E-state index contributed by atoms with van der Waals surface area (Å²) in [7, 11) is 1.98. The summed E-state index contributed by atoms with van der Waals surface area (Å²) in [4.78, 5) is 6.15. The zero-order valence-corrected chi connectivity index (χ0v) is 11.4. The van der Waals surface area contributed by atoms with Gasteiger partial charge in [0.1, 0.15) is 0 Å². The number of hydrogen-bond donors (Lipinski definition) is 0. The first-order chi connectivity index (χ1) is 8.59. The van der Waals surface area contributed by atoms with Crippen molar-refractivity contribution >= 4 is 17.4 Å². The van der Waals surface area contributed by atoms with Crippen LogP contribution in [0.1, 0.15) is 16.7 Å². The van der Waals surface area contributed by atoms with Gasteiger partial charge < -0.3 is 4.90 Å². The van der Waals surface area contributed by atoms with Crippen molar-refractivity contribution in [3.05, 3.63) is 46.4 Å². The number of anilines is 1. The number of rotatable bonds is 3. The lowest BCUT2D eigenvalue weighted by Gasteiger charge is -2.20. The van der Waals surface area contributed by atoms with Crippen LogP contribution in [-0.4, -0.2) is 22.2 Å². The molecule has 0 spiro atoms. The Hall–Kier alpha value is -1.68. The van der Waals surface area contributed by atoms with Crippen molar-refractivity contribution in [2.24, 2.45) is 0 Å². The van der Waals surface area contributed by atoms with E-state index in [1.54, 1.807) is 6.20 Å². The summed E-state index contributed by atoms with van der Waals surface area (Å²) >= 11 is 5.95. The first-order valence-corrected chi connectivity index (χ1v) is 6.07. The summed E-state index contributed by atoms with van der Waals surface area (Å²) in [6, 6.07) is 3.96. The van der Waals surface area contributed by atoms with E-state index in [-0.39, 0.29) is 0 Å². The highest BCUT2D eigenvalue weighted by atomic mass is 35.5. The summed E-state index contributed by atoms with van der Waals surface area (Å²) in [5.41, 5.74) is 3.16. The molecular formula is C13H15ClN4. The van der Waals surface area contributed by atoms with Crippen LogP contribution in [0.3, 0.4) is 0 Å². The summed E-state index contributed by atoms with van der Waals surface area (Å²) < 4.78 is 0. The fraction of sp³-hybridized carbons (Fsp3) is 0.308. The van der Waals surface area contributed by atoms with Gasteiger partial charge in [-0.25, -0.2) is 0 Å². The van der Waals surface area contributed by atoms with Crippen LogP contribution in [0.4, 0.5) is 5.82 Å². The van der Waals surface area contributed by atoms with E-state index in [2.05, 4.69) is 15.2 Å². The van der Waals surface area contributed by atoms with Crippen LogP contribution >= 0.6 is 11.6 Å². The Bertz CT molecular complexity index is 542. The lowest BCUT2D eigenvalue weighted by molar-refractivity contribution is 0.849. The molecule has 0 saturated carbocycles. The van der Waals surface area contributed by atoms with Crippen molar-refractivity contribution in [2.45, 2.75) is 20.4 Å². The van der Waals surface area contributed by atoms with Crippen molar-refractivity contribution in [3.63, 3.8) is 0 Å². The van der Waals surface area contributed by atoms with Crippen molar-refractivity contribution in [1.29, 1.82) is 0 Å². The fourth-order valence-electron chi connectivity index (χ4n) is 1.77. The van der Waals surface area contributed by atoms with Gasteiger partial charge in [0.05, 0.1) is 0 Å². The minimum atomic E-state index is 0.464. The van der Waals surface area contributed by atoms with Gasteiger partial charge in [-0.15, -0.1) is 10.2 Å². The monoisotopic (exact) mass is 262 g/mol. The van der Waals surface area contributed by atoms with Crippen LogP contribution in [-0.2, 0) is 6.54 Å². The van der Waals surface area contributed by atoms with E-state index in [1.165, 1.54) is 0 Å². The Morgan fingerprint density at radius 2 is 2.00 bits per heavy atom. The van der Waals surface area contributed by atoms with Gasteiger partial charge in [0.25, 0.3) is 0 Å². The van der Waals surface area contributed by atoms with E-state index < -0.39 is 0 Å². The molecule has 2 heterocycles. The molecule has 0 aromatic carbocycles. The predicted molar refractivity (Wildman–Crippen MR) is 72.9 cm³/mol. The third-order valence-electron chi connectivity index (χ3n) is 2.94. The lowest BCUT2D eigenvalue weighted by Crippen LogP contribution is -2.20. The van der Waals surface area contributed by atoms with Crippen LogP contribution in [0.25, 0.3) is 0 Å². The van der Waals surface area contributed by atoms with E-state index >= 15 is 0 Å². The first kappa shape index (κ1) is 12.8. The second-order valence-corrected chi connectivity index (χ2v) is 4.64. The Morgan fingerprint density at radius 1 is 1.22 bits per heavy atom. The van der Waals surface area contributed by atoms with Gasteiger partial charge in [-0.2, -0.15) is 0 Å². The standard InChI is InChI=1S/C13H15ClN4/c1-9-10(2)13(17-16-12(9)14)18(3)8-11-5-4-6-15-7-11/h4-7H,8H2,1-3H3. The minimum absolute atomic E-state index is 0.464. The summed E-state index contributed by atoms with van der Waals surface area (Å²) in [5, 5.41) is 8.58. The Balaban J connectivity index is 2.24. The number of halogens is 1. The fourth-order valence-corrected chi connectivity index (χ4v) is 1.95. The molecule has 4 nitrogen and oxygen atoms in total. The van der Waals surface area contributed by atoms with Crippen LogP contribution in [0.15, 0.2) is 24.5 Å². The highest BCUT2D eigenvalue weighted by molar-refractivity contribution is 6.30. The molecule has 0 fully saturated rings. The Labute approximate surface area is 112 Å². The van der Waals surface area contributed by atoms with Gasteiger partial charge in [0.15, 0.2) is 11.0 Å². The number of nitrogens with zero attached hydrogens (tertiary/aromatic N) is 4. The largest absolute Gasteiger partial charge is 0.354 e. The predicted octanol–water partition coefficient (Wildman–Crippen LogP) is 2.78. The van der Waals surface area contributed by atoms with E-state index in [1.807, 2.05) is 44.1 Å². The van der Waals surface area contributed by atoms with Gasteiger partial charge in [-0.1, -0.05) is 17.7 Å². The van der Waals surface area contributed by atoms with Crippen LogP contribution in [0.5, 0.6) is 0 Å². The number of pyridine rings is 1. The van der Waals surface area contributed by atoms with Crippen molar-refractivity contribution in [3.8, 4) is 0 Å². The summed E-state index contributed by atoms with van der Waals surface area (Å²) in [6.07, 6.45) is 3.61. The van der Waals surface area contributed by atoms with Gasteiger partial charge in [0.2, 0.25) is 0 Å². The van der Waals surface area contributed by atoms with E-state index in [4.69, 9.17) is 11.6 Å². The molecule has 0 N–H and O–H groups in total. The lowest BCUT2D eigenvalue weighted by atomic mass is 10.2. The van der Waals surface area contributed by atoms with Crippen molar-refractivity contribution in [1.82, 2.24) is 15.2 Å². The maximum Gasteiger partial charge on any atom is 0.155 e. The molecule has 2 aromatic heterocycles. The summed E-state index contributed by atoms with van der Waals surface area (Å²) in [6.45, 7) is 4.70. The maximum atomic E-state index is 5.95. The van der Waals surface area contributed by atoms with Gasteiger partial charge in [-0.05, 0) is 36.6 Å². The SMILES string of the molecule is Cc1c(Cl)nnc(N(C)Cc2cccnc2)c1C. The molecule has 0 aliphatic carbocycles. The molecule has 2 rings (SSSR count). The maximum absolute atomic E-state index is 5.95. The number of hydrogen-bond acceptors (Lipinski definition) is 4. The molecular weight excluding hydrogens is 248 g/mol. The molecule has 0 aliphatic heterocycles. The Kier molecular flexibility index (Phi) is 3.77. The molecule has 0 aliphatic rings. The number of aromatic nitrogens is 3. The summed E-state index contributed by atoms with van der Waals surface area (Å²) in [5.74, 6) is 0.848. The molecule has 2 aromatic rings. The molecule has 0 unspecified atom stereocenters. The highest BCUT2D eigenvalue weighted by Gasteiger charge is 2.12. The van der Waals surface area contributed by atoms with Gasteiger partial charge in [-0.3, -0.25) is 4.98 Å². The molecule has 0 saturated heterocycles. The third kappa shape index (κ3) is 2.59. The van der Waals surface area contributed by atoms with Crippen LogP contribution in [0.2, 0.25) is 5.15 Å². The zero-order chi connectivity index (χ0) is 13.1. The van der Waals surface area contributed by atoms with Crippen LogP contribution < -0.4 is 4.90 Å². The molecule has 0 amide bonds.